The van der Waals surface area contributed by atoms with Crippen LogP contribution >= 0.6 is 0 Å². The Balaban J connectivity index is 6.01. The predicted octanol–water partition coefficient (Wildman–Crippen LogP) is 17.0. The maximum Gasteiger partial charge on any atom is 0.324 e. The summed E-state index contributed by atoms with van der Waals surface area (Å²) in [7, 11) is 0. The maximum absolute atomic E-state index is 14.0. The van der Waals surface area contributed by atoms with Crippen molar-refractivity contribution in [2.75, 3.05) is 19.6 Å². The minimum absolute atomic E-state index is 0.310. The highest BCUT2D eigenvalue weighted by Gasteiger charge is 2.51. The molecule has 0 saturated carbocycles. The molecule has 0 bridgehead atoms. The summed E-state index contributed by atoms with van der Waals surface area (Å²) in [5.41, 5.74) is 12.3. The molecule has 0 spiro atoms. The Morgan fingerprint density at radius 2 is 0.593 bits per heavy atom. The van der Waals surface area contributed by atoms with Crippen molar-refractivity contribution in [3.8, 4) is 0 Å². The Hall–Kier alpha value is -0.650. The quantitative estimate of drug-likeness (QED) is 0.0531. The van der Waals surface area contributed by atoms with Crippen molar-refractivity contribution in [1.82, 2.24) is 4.90 Å². The maximum atomic E-state index is 14.0. The Kier molecular flexibility index (Phi) is 43.5. The van der Waals surface area contributed by atoms with Crippen LogP contribution in [-0.2, 0) is 4.79 Å². The normalized spacial score (nSPS) is 12.3. The number of rotatable bonds is 50. The average Bonchev–Trinajstić information content (AvgIpc) is 3.24. The van der Waals surface area contributed by atoms with E-state index in [0.29, 0.717) is 19.6 Å². The number of aliphatic carboxylic acids is 1. The van der Waals surface area contributed by atoms with Crippen molar-refractivity contribution in [2.45, 2.75) is 321 Å². The largest absolute Gasteiger partial charge is 0.480 e. The molecular weight excluding hydrogens is 723 g/mol. The molecule has 0 aromatic carbocycles. The fourth-order valence-corrected chi connectivity index (χ4v) is 10.2. The summed E-state index contributed by atoms with van der Waals surface area (Å²) in [6, 6.07) is 0. The van der Waals surface area contributed by atoms with Crippen LogP contribution in [0.15, 0.2) is 0 Å². The molecule has 0 amide bonds. The predicted molar refractivity (Wildman–Crippen MR) is 264 cm³/mol. The van der Waals surface area contributed by atoms with Gasteiger partial charge in [-0.05, 0) is 25.7 Å². The first-order valence-corrected chi connectivity index (χ1v) is 27.4. The summed E-state index contributed by atoms with van der Waals surface area (Å²) < 4.78 is 0. The molecule has 0 aromatic rings. The molecule has 5 nitrogen and oxygen atoms in total. The Morgan fingerprint density at radius 3 is 0.797 bits per heavy atom. The molecular formula is C54H111N3O2. The fraction of sp³-hybridized carbons (Fsp3) is 0.981. The van der Waals surface area contributed by atoms with E-state index in [-0.39, 0.29) is 5.54 Å². The summed E-state index contributed by atoms with van der Waals surface area (Å²) in [5.74, 6) is -0.609. The van der Waals surface area contributed by atoms with Gasteiger partial charge < -0.3 is 16.6 Å². The topological polar surface area (TPSA) is 92.6 Å². The molecule has 5 N–H and O–H groups in total. The lowest BCUT2D eigenvalue weighted by molar-refractivity contribution is -0.160. The summed E-state index contributed by atoms with van der Waals surface area (Å²) in [6.07, 6.45) is 55.1. The van der Waals surface area contributed by atoms with Crippen LogP contribution in [0, 0.1) is 0 Å². The van der Waals surface area contributed by atoms with Crippen molar-refractivity contribution in [3.05, 3.63) is 0 Å². The number of hydrogen-bond acceptors (Lipinski definition) is 4. The minimum Gasteiger partial charge on any atom is -0.480 e. The zero-order valence-electron chi connectivity index (χ0n) is 41.2. The van der Waals surface area contributed by atoms with Crippen LogP contribution in [0.25, 0.3) is 0 Å². The second-order valence-electron chi connectivity index (χ2n) is 19.4. The van der Waals surface area contributed by atoms with E-state index in [4.69, 9.17) is 11.5 Å². The average molecular weight is 835 g/mol. The van der Waals surface area contributed by atoms with Crippen LogP contribution in [0.3, 0.4) is 0 Å². The zero-order valence-corrected chi connectivity index (χ0v) is 41.2. The van der Waals surface area contributed by atoms with Crippen molar-refractivity contribution in [1.29, 1.82) is 0 Å². The smallest absolute Gasteiger partial charge is 0.324 e. The third kappa shape index (κ3) is 30.9. The van der Waals surface area contributed by atoms with Gasteiger partial charge in [0.15, 0.2) is 0 Å². The van der Waals surface area contributed by atoms with Gasteiger partial charge in [-0.3, -0.25) is 9.69 Å². The van der Waals surface area contributed by atoms with E-state index >= 15 is 0 Å². The summed E-state index contributed by atoms with van der Waals surface area (Å²) in [5, 5.41) is 11.5. The molecule has 0 aromatic heterocycles. The van der Waals surface area contributed by atoms with Crippen LogP contribution in [-0.4, -0.2) is 46.7 Å². The molecule has 0 aliphatic carbocycles. The van der Waals surface area contributed by atoms with Crippen LogP contribution in [0.1, 0.15) is 310 Å². The van der Waals surface area contributed by atoms with Gasteiger partial charge in [-0.2, -0.15) is 0 Å². The highest BCUT2D eigenvalue weighted by Crippen LogP contribution is 2.40. The third-order valence-corrected chi connectivity index (χ3v) is 14.1. The monoisotopic (exact) mass is 834 g/mol. The molecule has 354 valence electrons. The number of carboxylic acids is 1. The molecule has 59 heavy (non-hydrogen) atoms. The number of nitrogens with two attached hydrogens (primary N) is 2. The van der Waals surface area contributed by atoms with Crippen molar-refractivity contribution < 1.29 is 9.90 Å². The molecule has 0 rings (SSSR count). The first kappa shape index (κ1) is 58.4. The van der Waals surface area contributed by atoms with Gasteiger partial charge in [0, 0.05) is 25.2 Å². The number of carboxylic acid groups (broad SMARTS) is 1. The van der Waals surface area contributed by atoms with Gasteiger partial charge in [0.05, 0.1) is 0 Å². The van der Waals surface area contributed by atoms with Crippen LogP contribution in [0.4, 0.5) is 0 Å². The van der Waals surface area contributed by atoms with E-state index in [1.165, 1.54) is 218 Å². The Labute approximate surface area is 371 Å². The molecule has 0 unspecified atom stereocenters. The molecule has 0 heterocycles. The summed E-state index contributed by atoms with van der Waals surface area (Å²) in [6.45, 7) is 10.8. The second-order valence-corrected chi connectivity index (χ2v) is 19.4. The third-order valence-electron chi connectivity index (χ3n) is 14.1. The van der Waals surface area contributed by atoms with Crippen LogP contribution < -0.4 is 11.5 Å². The van der Waals surface area contributed by atoms with Gasteiger partial charge in [0.2, 0.25) is 0 Å². The van der Waals surface area contributed by atoms with E-state index in [9.17, 15) is 9.90 Å². The summed E-state index contributed by atoms with van der Waals surface area (Å²) >= 11 is 0. The lowest BCUT2D eigenvalue weighted by atomic mass is 9.76. The zero-order chi connectivity index (χ0) is 43.4. The highest BCUT2D eigenvalue weighted by molar-refractivity contribution is 5.79. The van der Waals surface area contributed by atoms with Crippen LogP contribution in [0.2, 0.25) is 0 Å². The van der Waals surface area contributed by atoms with Gasteiger partial charge in [0.25, 0.3) is 0 Å². The molecule has 0 fully saturated rings. The molecule has 5 heteroatoms. The first-order valence-electron chi connectivity index (χ1n) is 27.4. The van der Waals surface area contributed by atoms with Gasteiger partial charge in [-0.1, -0.05) is 285 Å². The van der Waals surface area contributed by atoms with Crippen molar-refractivity contribution in [3.63, 3.8) is 0 Å². The van der Waals surface area contributed by atoms with Gasteiger partial charge >= 0.3 is 5.97 Å². The Morgan fingerprint density at radius 1 is 0.373 bits per heavy atom. The van der Waals surface area contributed by atoms with Gasteiger partial charge in [-0.25, -0.2) is 0 Å². The van der Waals surface area contributed by atoms with E-state index in [1.807, 2.05) is 0 Å². The van der Waals surface area contributed by atoms with Crippen molar-refractivity contribution in [2.24, 2.45) is 11.5 Å². The number of carbonyl (C=O) groups is 1. The minimum atomic E-state index is -0.893. The van der Waals surface area contributed by atoms with Gasteiger partial charge in [-0.15, -0.1) is 0 Å². The number of nitrogens with zero attached hydrogens (tertiary/aromatic N) is 1. The molecule has 0 aliphatic heterocycles. The standard InChI is InChI=1S/C54H111N3O2/c1-5-9-13-17-21-25-29-33-37-41-45-53(51-56,46-42-38-34-30-26-22-18-14-10-6-2)57(50-49-55)54(52(58)59,47-43-39-35-31-27-23-19-15-11-7-3)48-44-40-36-32-28-24-20-16-12-8-4/h5-51,55-56H2,1-4H3,(H,58,59). The van der Waals surface area contributed by atoms with E-state index < -0.39 is 11.5 Å². The number of unbranched alkanes of at least 4 members (excludes halogenated alkanes) is 36. The highest BCUT2D eigenvalue weighted by atomic mass is 16.4. The lowest BCUT2D eigenvalue weighted by Crippen LogP contribution is -2.67. The summed E-state index contributed by atoms with van der Waals surface area (Å²) in [4.78, 5) is 16.5. The molecule has 0 saturated heterocycles. The SMILES string of the molecule is CCCCCCCCCCCCC(CN)(CCCCCCCCCCCC)N(CCN)C(CCCCCCCCCCCC)(CCCCCCCCCCCC)C(=O)O. The van der Waals surface area contributed by atoms with E-state index in [1.54, 1.807) is 0 Å². The molecule has 0 atom stereocenters. The van der Waals surface area contributed by atoms with Crippen molar-refractivity contribution >= 4 is 5.97 Å². The number of hydrogen-bond donors (Lipinski definition) is 3. The van der Waals surface area contributed by atoms with Gasteiger partial charge in [0.1, 0.15) is 5.54 Å². The fourth-order valence-electron chi connectivity index (χ4n) is 10.2. The molecule has 0 aliphatic rings. The first-order chi connectivity index (χ1) is 28.9. The Bertz CT molecular complexity index is 801. The van der Waals surface area contributed by atoms with E-state index in [2.05, 4.69) is 32.6 Å². The molecule has 0 radical (unpaired) electrons. The van der Waals surface area contributed by atoms with Crippen LogP contribution in [0.5, 0.6) is 0 Å². The lowest BCUT2D eigenvalue weighted by Gasteiger charge is -2.53. The second kappa shape index (κ2) is 44.0. The van der Waals surface area contributed by atoms with E-state index in [0.717, 1.165) is 64.2 Å².